The van der Waals surface area contributed by atoms with Crippen LogP contribution in [0.25, 0.3) is 0 Å². The minimum absolute atomic E-state index is 0.00473. The highest BCUT2D eigenvalue weighted by Crippen LogP contribution is 2.25. The zero-order chi connectivity index (χ0) is 17.8. The molecule has 136 valence electrons. The maximum absolute atomic E-state index is 12.3. The summed E-state index contributed by atoms with van der Waals surface area (Å²) in [6.45, 7) is 0.546. The predicted molar refractivity (Wildman–Crippen MR) is 96.4 cm³/mol. The number of likely N-dealkylation sites (N-methyl/N-ethyl adjacent to an activating group) is 1. The fraction of sp³-hybridized carbons (Fsp3) is 0.600. The Kier molecular flexibility index (Phi) is 5.74. The summed E-state index contributed by atoms with van der Waals surface area (Å²) in [5, 5.41) is 12.8. The first kappa shape index (κ1) is 17.9. The lowest BCUT2D eigenvalue weighted by atomic mass is 9.86. The monoisotopic (exact) mass is 344 g/mol. The van der Waals surface area contributed by atoms with E-state index in [1.165, 1.54) is 11.1 Å². The molecular weight excluding hydrogens is 316 g/mol. The fourth-order valence-corrected chi connectivity index (χ4v) is 3.96. The van der Waals surface area contributed by atoms with Crippen molar-refractivity contribution >= 4 is 11.8 Å². The second-order valence-corrected chi connectivity index (χ2v) is 7.41. The summed E-state index contributed by atoms with van der Waals surface area (Å²) in [5.74, 6) is -0.170. The van der Waals surface area contributed by atoms with Crippen LogP contribution in [0.4, 0.5) is 0 Å². The Hall–Kier alpha value is -1.88. The van der Waals surface area contributed by atoms with Crippen molar-refractivity contribution in [1.82, 2.24) is 10.2 Å². The Labute approximate surface area is 149 Å². The van der Waals surface area contributed by atoms with Crippen LogP contribution >= 0.6 is 0 Å². The van der Waals surface area contributed by atoms with Gasteiger partial charge in [-0.1, -0.05) is 18.9 Å². The number of nitrogens with zero attached hydrogens (tertiary/aromatic N) is 1. The van der Waals surface area contributed by atoms with Crippen LogP contribution in [-0.2, 0) is 17.6 Å². The molecule has 3 rings (SSSR count). The molecular formula is C20H28N2O3. The molecule has 2 aliphatic carbocycles. The molecule has 5 heteroatoms. The van der Waals surface area contributed by atoms with Crippen LogP contribution in [0.2, 0.25) is 0 Å². The molecule has 0 spiro atoms. The Bertz CT molecular complexity index is 644. The molecule has 0 radical (unpaired) electrons. The zero-order valence-corrected chi connectivity index (χ0v) is 15.0. The molecule has 0 bridgehead atoms. The molecule has 1 aromatic rings. The van der Waals surface area contributed by atoms with Crippen LogP contribution in [0.1, 0.15) is 53.6 Å². The average molecular weight is 344 g/mol. The number of amides is 2. The SMILES string of the molecule is CN(CC1CCCCC1O)C(=O)CNC(=O)c1ccc2c(c1)CCC2. The van der Waals surface area contributed by atoms with Gasteiger partial charge in [-0.15, -0.1) is 0 Å². The summed E-state index contributed by atoms with van der Waals surface area (Å²) in [6.07, 6.45) is 6.91. The lowest BCUT2D eigenvalue weighted by Gasteiger charge is -2.31. The van der Waals surface area contributed by atoms with Crippen molar-refractivity contribution in [2.45, 2.75) is 51.0 Å². The van der Waals surface area contributed by atoms with Crippen molar-refractivity contribution in [1.29, 1.82) is 0 Å². The molecule has 5 nitrogen and oxygen atoms in total. The van der Waals surface area contributed by atoms with Gasteiger partial charge in [0, 0.05) is 25.1 Å². The largest absolute Gasteiger partial charge is 0.393 e. The van der Waals surface area contributed by atoms with Crippen LogP contribution in [0, 0.1) is 5.92 Å². The van der Waals surface area contributed by atoms with E-state index < -0.39 is 0 Å². The standard InChI is InChI=1S/C20H28N2O3/c1-22(13-17-5-2-3-8-18(17)23)19(24)12-21-20(25)16-10-9-14-6-4-7-15(14)11-16/h9-11,17-18,23H,2-8,12-13H2,1H3,(H,21,25). The lowest BCUT2D eigenvalue weighted by molar-refractivity contribution is -0.130. The normalized spacial score (nSPS) is 22.3. The molecule has 1 aromatic carbocycles. The first-order chi connectivity index (χ1) is 12.0. The Morgan fingerprint density at radius 1 is 1.16 bits per heavy atom. The summed E-state index contributed by atoms with van der Waals surface area (Å²) < 4.78 is 0. The minimum Gasteiger partial charge on any atom is -0.393 e. The van der Waals surface area contributed by atoms with E-state index in [0.717, 1.165) is 44.9 Å². The summed E-state index contributed by atoms with van der Waals surface area (Å²) in [5.41, 5.74) is 3.21. The number of aliphatic hydroxyl groups is 1. The van der Waals surface area contributed by atoms with E-state index in [0.29, 0.717) is 12.1 Å². The minimum atomic E-state index is -0.315. The molecule has 0 heterocycles. The molecule has 2 aliphatic rings. The first-order valence-electron chi connectivity index (χ1n) is 9.36. The average Bonchev–Trinajstić information content (AvgIpc) is 3.08. The van der Waals surface area contributed by atoms with Gasteiger partial charge in [0.15, 0.2) is 0 Å². The predicted octanol–water partition coefficient (Wildman–Crippen LogP) is 1.91. The molecule has 2 N–H and O–H groups in total. The summed E-state index contributed by atoms with van der Waals surface area (Å²) in [4.78, 5) is 26.2. The first-order valence-corrected chi connectivity index (χ1v) is 9.36. The van der Waals surface area contributed by atoms with Gasteiger partial charge in [0.05, 0.1) is 12.6 Å². The molecule has 2 amide bonds. The van der Waals surface area contributed by atoms with Crippen LogP contribution < -0.4 is 5.32 Å². The van der Waals surface area contributed by atoms with Crippen LogP contribution in [0.15, 0.2) is 18.2 Å². The van der Waals surface area contributed by atoms with Crippen LogP contribution in [0.5, 0.6) is 0 Å². The third-order valence-electron chi connectivity index (χ3n) is 5.56. The van der Waals surface area contributed by atoms with Gasteiger partial charge in [0.2, 0.25) is 5.91 Å². The lowest BCUT2D eigenvalue weighted by Crippen LogP contribution is -2.42. The maximum Gasteiger partial charge on any atom is 0.251 e. The Balaban J connectivity index is 1.48. The fourth-order valence-electron chi connectivity index (χ4n) is 3.96. The number of nitrogens with one attached hydrogen (secondary N) is 1. The van der Waals surface area contributed by atoms with Crippen LogP contribution in [0.3, 0.4) is 0 Å². The van der Waals surface area contributed by atoms with Crippen molar-refractivity contribution in [2.75, 3.05) is 20.1 Å². The van der Waals surface area contributed by atoms with E-state index in [9.17, 15) is 14.7 Å². The number of hydrogen-bond acceptors (Lipinski definition) is 3. The van der Waals surface area contributed by atoms with Gasteiger partial charge >= 0.3 is 0 Å². The molecule has 25 heavy (non-hydrogen) atoms. The van der Waals surface area contributed by atoms with Crippen molar-refractivity contribution in [2.24, 2.45) is 5.92 Å². The van der Waals surface area contributed by atoms with E-state index in [2.05, 4.69) is 5.32 Å². The highest BCUT2D eigenvalue weighted by Gasteiger charge is 2.25. The van der Waals surface area contributed by atoms with E-state index in [-0.39, 0.29) is 30.4 Å². The van der Waals surface area contributed by atoms with Crippen LogP contribution in [-0.4, -0.2) is 48.1 Å². The van der Waals surface area contributed by atoms with E-state index in [4.69, 9.17) is 0 Å². The van der Waals surface area contributed by atoms with Gasteiger partial charge in [-0.3, -0.25) is 9.59 Å². The van der Waals surface area contributed by atoms with E-state index >= 15 is 0 Å². The smallest absolute Gasteiger partial charge is 0.251 e. The van der Waals surface area contributed by atoms with Gasteiger partial charge < -0.3 is 15.3 Å². The van der Waals surface area contributed by atoms with Gasteiger partial charge in [-0.2, -0.15) is 0 Å². The number of aliphatic hydroxyl groups excluding tert-OH is 1. The molecule has 1 fully saturated rings. The summed E-state index contributed by atoms with van der Waals surface area (Å²) in [7, 11) is 1.74. The molecule has 0 aromatic heterocycles. The third kappa shape index (κ3) is 4.40. The van der Waals surface area contributed by atoms with Crippen molar-refractivity contribution in [3.05, 3.63) is 34.9 Å². The molecule has 1 saturated carbocycles. The summed E-state index contributed by atoms with van der Waals surface area (Å²) >= 11 is 0. The molecule has 0 aliphatic heterocycles. The second kappa shape index (κ2) is 8.00. The topological polar surface area (TPSA) is 69.6 Å². The number of carbonyl (C=O) groups is 2. The number of aryl methyl sites for hydroxylation is 2. The maximum atomic E-state index is 12.3. The van der Waals surface area contributed by atoms with Gasteiger partial charge in [0.1, 0.15) is 0 Å². The number of benzene rings is 1. The summed E-state index contributed by atoms with van der Waals surface area (Å²) in [6, 6.07) is 5.81. The number of rotatable bonds is 5. The number of hydrogen-bond donors (Lipinski definition) is 2. The third-order valence-corrected chi connectivity index (χ3v) is 5.56. The quantitative estimate of drug-likeness (QED) is 0.857. The molecule has 2 atom stereocenters. The van der Waals surface area contributed by atoms with E-state index in [1.54, 1.807) is 11.9 Å². The van der Waals surface area contributed by atoms with Gasteiger partial charge in [-0.25, -0.2) is 0 Å². The number of fused-ring (bicyclic) bond motifs is 1. The highest BCUT2D eigenvalue weighted by atomic mass is 16.3. The molecule has 0 saturated heterocycles. The van der Waals surface area contributed by atoms with Crippen molar-refractivity contribution in [3.63, 3.8) is 0 Å². The Morgan fingerprint density at radius 3 is 2.72 bits per heavy atom. The highest BCUT2D eigenvalue weighted by molar-refractivity contribution is 5.96. The van der Waals surface area contributed by atoms with Gasteiger partial charge in [-0.05, 0) is 55.4 Å². The van der Waals surface area contributed by atoms with Gasteiger partial charge in [0.25, 0.3) is 5.91 Å². The van der Waals surface area contributed by atoms with Crippen molar-refractivity contribution in [3.8, 4) is 0 Å². The number of carbonyl (C=O) groups excluding carboxylic acids is 2. The van der Waals surface area contributed by atoms with Crippen molar-refractivity contribution < 1.29 is 14.7 Å². The zero-order valence-electron chi connectivity index (χ0n) is 15.0. The Morgan fingerprint density at radius 2 is 1.92 bits per heavy atom. The molecule has 2 unspecified atom stereocenters. The second-order valence-electron chi connectivity index (χ2n) is 7.41. The van der Waals surface area contributed by atoms with E-state index in [1.807, 2.05) is 18.2 Å².